The zero-order valence-corrected chi connectivity index (χ0v) is 11.8. The van der Waals surface area contributed by atoms with Crippen molar-refractivity contribution in [1.82, 2.24) is 5.32 Å². The highest BCUT2D eigenvalue weighted by atomic mass is 19.2. The Bertz CT molecular complexity index is 395. The predicted octanol–water partition coefficient (Wildman–Crippen LogP) is 2.39. The molecule has 0 bridgehead atoms. The van der Waals surface area contributed by atoms with E-state index >= 15 is 0 Å². The van der Waals surface area contributed by atoms with E-state index in [4.69, 9.17) is 5.11 Å². The van der Waals surface area contributed by atoms with Crippen LogP contribution in [0.1, 0.15) is 37.9 Å². The smallest absolute Gasteiger partial charge is 0.159 e. The van der Waals surface area contributed by atoms with Gasteiger partial charge < -0.3 is 15.5 Å². The fourth-order valence-electron chi connectivity index (χ4n) is 2.20. The fraction of sp³-hybridized carbons (Fsp3) is 0.600. The van der Waals surface area contributed by atoms with Crippen molar-refractivity contribution in [3.63, 3.8) is 0 Å². The third-order valence-electron chi connectivity index (χ3n) is 3.33. The largest absolute Gasteiger partial charge is 0.396 e. The van der Waals surface area contributed by atoms with Gasteiger partial charge in [-0.1, -0.05) is 19.4 Å². The first-order valence-corrected chi connectivity index (χ1v) is 7.03. The Morgan fingerprint density at radius 2 is 1.90 bits per heavy atom. The minimum absolute atomic E-state index is 0.151. The first-order chi connectivity index (χ1) is 9.58. The van der Waals surface area contributed by atoms with Gasteiger partial charge in [0.15, 0.2) is 11.6 Å². The molecule has 0 amide bonds. The number of hydrogen-bond donors (Lipinski definition) is 3. The molecule has 0 aliphatic rings. The molecule has 114 valence electrons. The van der Waals surface area contributed by atoms with Crippen LogP contribution in [0, 0.1) is 17.6 Å². The molecule has 0 heterocycles. The quantitative estimate of drug-likeness (QED) is 0.653. The predicted molar refractivity (Wildman–Crippen MR) is 74.3 cm³/mol. The van der Waals surface area contributed by atoms with Gasteiger partial charge in [-0.2, -0.15) is 0 Å². The van der Waals surface area contributed by atoms with Crippen LogP contribution in [0.2, 0.25) is 0 Å². The van der Waals surface area contributed by atoms with Crippen LogP contribution in [0.4, 0.5) is 8.78 Å². The maximum Gasteiger partial charge on any atom is 0.159 e. The van der Waals surface area contributed by atoms with Gasteiger partial charge in [0.05, 0.1) is 6.10 Å². The standard InChI is InChI=1S/C15H23F2NO2/c1-2-3-11(6-7-19)9-18-10-15(20)12-4-5-13(16)14(17)8-12/h4-5,8,11,15,18-20H,2-3,6-7,9-10H2,1H3. The van der Waals surface area contributed by atoms with E-state index in [1.54, 1.807) is 0 Å². The molecule has 0 saturated heterocycles. The Morgan fingerprint density at radius 3 is 2.50 bits per heavy atom. The maximum absolute atomic E-state index is 13.1. The number of aliphatic hydroxyl groups excluding tert-OH is 2. The zero-order chi connectivity index (χ0) is 15.0. The first-order valence-electron chi connectivity index (χ1n) is 7.03. The highest BCUT2D eigenvalue weighted by Gasteiger charge is 2.12. The molecule has 0 aromatic heterocycles. The molecule has 0 saturated carbocycles. The van der Waals surface area contributed by atoms with Gasteiger partial charge in [0.1, 0.15) is 0 Å². The third kappa shape index (κ3) is 5.53. The number of hydrogen-bond acceptors (Lipinski definition) is 3. The van der Waals surface area contributed by atoms with E-state index in [-0.39, 0.29) is 13.2 Å². The molecule has 0 spiro atoms. The van der Waals surface area contributed by atoms with Gasteiger partial charge in [-0.25, -0.2) is 8.78 Å². The molecule has 5 heteroatoms. The average molecular weight is 287 g/mol. The minimum atomic E-state index is -0.953. The number of nitrogens with one attached hydrogen (secondary N) is 1. The van der Waals surface area contributed by atoms with Crippen LogP contribution in [0.25, 0.3) is 0 Å². The van der Waals surface area contributed by atoms with Crippen LogP contribution in [-0.2, 0) is 0 Å². The molecule has 0 radical (unpaired) electrons. The van der Waals surface area contributed by atoms with Gasteiger partial charge in [0.2, 0.25) is 0 Å². The lowest BCUT2D eigenvalue weighted by Crippen LogP contribution is -2.28. The Kier molecular flexibility index (Phi) is 7.65. The molecule has 1 aromatic carbocycles. The first kappa shape index (κ1) is 17.0. The van der Waals surface area contributed by atoms with E-state index in [2.05, 4.69) is 12.2 Å². The van der Waals surface area contributed by atoms with Crippen LogP contribution in [0.5, 0.6) is 0 Å². The minimum Gasteiger partial charge on any atom is -0.396 e. The van der Waals surface area contributed by atoms with E-state index in [0.717, 1.165) is 31.4 Å². The Hall–Kier alpha value is -1.04. The van der Waals surface area contributed by atoms with Crippen molar-refractivity contribution in [3.05, 3.63) is 35.4 Å². The van der Waals surface area contributed by atoms with Gasteiger partial charge in [-0.15, -0.1) is 0 Å². The summed E-state index contributed by atoms with van der Waals surface area (Å²) in [4.78, 5) is 0. The van der Waals surface area contributed by atoms with Crippen molar-refractivity contribution in [2.75, 3.05) is 19.7 Å². The fourth-order valence-corrected chi connectivity index (χ4v) is 2.20. The Balaban J connectivity index is 2.41. The number of aliphatic hydroxyl groups is 2. The topological polar surface area (TPSA) is 52.5 Å². The van der Waals surface area contributed by atoms with Crippen LogP contribution < -0.4 is 5.32 Å². The molecule has 1 rings (SSSR count). The van der Waals surface area contributed by atoms with Crippen LogP contribution in [0.3, 0.4) is 0 Å². The number of rotatable bonds is 9. The molecule has 2 unspecified atom stereocenters. The summed E-state index contributed by atoms with van der Waals surface area (Å²) < 4.78 is 25.9. The van der Waals surface area contributed by atoms with Crippen molar-refractivity contribution in [2.45, 2.75) is 32.3 Å². The SMILES string of the molecule is CCCC(CCO)CNCC(O)c1ccc(F)c(F)c1. The molecule has 0 aliphatic heterocycles. The third-order valence-corrected chi connectivity index (χ3v) is 3.33. The lowest BCUT2D eigenvalue weighted by Gasteiger charge is -2.18. The summed E-state index contributed by atoms with van der Waals surface area (Å²) in [5, 5.41) is 22.0. The molecule has 1 aromatic rings. The summed E-state index contributed by atoms with van der Waals surface area (Å²) in [5.41, 5.74) is 0.352. The van der Waals surface area contributed by atoms with Gasteiger partial charge in [-0.3, -0.25) is 0 Å². The van der Waals surface area contributed by atoms with Gasteiger partial charge >= 0.3 is 0 Å². The van der Waals surface area contributed by atoms with Gasteiger partial charge in [-0.05, 0) is 43.0 Å². The molecule has 3 nitrogen and oxygen atoms in total. The lowest BCUT2D eigenvalue weighted by molar-refractivity contribution is 0.169. The molecule has 0 aliphatic carbocycles. The molecular formula is C15H23F2NO2. The molecule has 0 fully saturated rings. The maximum atomic E-state index is 13.1. The van der Waals surface area contributed by atoms with Crippen molar-refractivity contribution in [1.29, 1.82) is 0 Å². The van der Waals surface area contributed by atoms with Crippen molar-refractivity contribution < 1.29 is 19.0 Å². The van der Waals surface area contributed by atoms with Gasteiger partial charge in [0, 0.05) is 13.2 Å². The molecular weight excluding hydrogens is 264 g/mol. The van der Waals surface area contributed by atoms with E-state index in [9.17, 15) is 13.9 Å². The summed E-state index contributed by atoms with van der Waals surface area (Å²) >= 11 is 0. The summed E-state index contributed by atoms with van der Waals surface area (Å²) in [5.74, 6) is -1.51. The van der Waals surface area contributed by atoms with Crippen molar-refractivity contribution in [2.24, 2.45) is 5.92 Å². The van der Waals surface area contributed by atoms with E-state index in [0.29, 0.717) is 18.0 Å². The monoisotopic (exact) mass is 287 g/mol. The number of benzene rings is 1. The molecule has 3 N–H and O–H groups in total. The summed E-state index contributed by atoms with van der Waals surface area (Å²) in [6.45, 7) is 3.20. The highest BCUT2D eigenvalue weighted by molar-refractivity contribution is 5.20. The van der Waals surface area contributed by atoms with Crippen LogP contribution in [-0.4, -0.2) is 29.9 Å². The van der Waals surface area contributed by atoms with Gasteiger partial charge in [0.25, 0.3) is 0 Å². The lowest BCUT2D eigenvalue weighted by atomic mass is 10.00. The van der Waals surface area contributed by atoms with E-state index in [1.807, 2.05) is 0 Å². The van der Waals surface area contributed by atoms with Crippen molar-refractivity contribution in [3.8, 4) is 0 Å². The normalized spacial score (nSPS) is 14.2. The second-order valence-corrected chi connectivity index (χ2v) is 5.01. The Labute approximate surface area is 118 Å². The highest BCUT2D eigenvalue weighted by Crippen LogP contribution is 2.16. The number of halogens is 2. The second kappa shape index (κ2) is 9.00. The summed E-state index contributed by atoms with van der Waals surface area (Å²) in [6, 6.07) is 3.40. The van der Waals surface area contributed by atoms with Crippen LogP contribution in [0.15, 0.2) is 18.2 Å². The summed E-state index contributed by atoms with van der Waals surface area (Å²) in [7, 11) is 0. The molecule has 2 atom stereocenters. The summed E-state index contributed by atoms with van der Waals surface area (Å²) in [6.07, 6.45) is 1.90. The molecule has 20 heavy (non-hydrogen) atoms. The van der Waals surface area contributed by atoms with Crippen molar-refractivity contribution >= 4 is 0 Å². The van der Waals surface area contributed by atoms with E-state index < -0.39 is 17.7 Å². The zero-order valence-electron chi connectivity index (χ0n) is 11.8. The van der Waals surface area contributed by atoms with Crippen LogP contribution >= 0.6 is 0 Å². The average Bonchev–Trinajstić information content (AvgIpc) is 2.42. The Morgan fingerprint density at radius 1 is 1.15 bits per heavy atom. The second-order valence-electron chi connectivity index (χ2n) is 5.01. The van der Waals surface area contributed by atoms with E-state index in [1.165, 1.54) is 6.07 Å².